The Kier molecular flexibility index (Phi) is 4.89. The van der Waals surface area contributed by atoms with Gasteiger partial charge in [0.2, 0.25) is 0 Å². The lowest BCUT2D eigenvalue weighted by Gasteiger charge is -2.08. The van der Waals surface area contributed by atoms with Gasteiger partial charge < -0.3 is 10.1 Å². The molecule has 0 unspecified atom stereocenters. The highest BCUT2D eigenvalue weighted by Crippen LogP contribution is 2.32. The van der Waals surface area contributed by atoms with Crippen molar-refractivity contribution in [1.29, 1.82) is 0 Å². The van der Waals surface area contributed by atoms with Crippen LogP contribution in [-0.4, -0.2) is 22.8 Å². The third kappa shape index (κ3) is 3.50. The van der Waals surface area contributed by atoms with Crippen LogP contribution >= 0.6 is 0 Å². The molecule has 1 aromatic heterocycles. The highest BCUT2D eigenvalue weighted by atomic mass is 16.5. The van der Waals surface area contributed by atoms with Gasteiger partial charge in [-0.15, -0.1) is 0 Å². The van der Waals surface area contributed by atoms with Crippen LogP contribution in [0.5, 0.6) is 5.75 Å². The third-order valence-electron chi connectivity index (χ3n) is 4.37. The van der Waals surface area contributed by atoms with Gasteiger partial charge >= 0.3 is 0 Å². The number of carbonyl (C=O) groups is 1. The van der Waals surface area contributed by atoms with Gasteiger partial charge in [0.1, 0.15) is 11.4 Å². The van der Waals surface area contributed by atoms with Crippen LogP contribution < -0.4 is 10.1 Å². The Hall–Kier alpha value is -3.86. The van der Waals surface area contributed by atoms with Crippen LogP contribution in [0.2, 0.25) is 0 Å². The Morgan fingerprint density at radius 1 is 0.893 bits per heavy atom. The number of para-hydroxylation sites is 3. The van der Waals surface area contributed by atoms with Crippen LogP contribution in [0.1, 0.15) is 10.4 Å². The van der Waals surface area contributed by atoms with E-state index in [9.17, 15) is 4.79 Å². The third-order valence-corrected chi connectivity index (χ3v) is 4.37. The minimum absolute atomic E-state index is 0.228. The average Bonchev–Trinajstić information content (AvgIpc) is 3.20. The van der Waals surface area contributed by atoms with Crippen molar-refractivity contribution in [2.45, 2.75) is 0 Å². The van der Waals surface area contributed by atoms with Gasteiger partial charge in [0.05, 0.1) is 18.4 Å². The van der Waals surface area contributed by atoms with Crippen LogP contribution in [0.25, 0.3) is 16.9 Å². The summed E-state index contributed by atoms with van der Waals surface area (Å²) in [5.74, 6) is 0.434. The van der Waals surface area contributed by atoms with Crippen molar-refractivity contribution in [2.24, 2.45) is 0 Å². The van der Waals surface area contributed by atoms with Crippen molar-refractivity contribution in [3.05, 3.63) is 96.7 Å². The highest BCUT2D eigenvalue weighted by molar-refractivity contribution is 6.08. The first-order chi connectivity index (χ1) is 13.8. The fraction of sp³-hybridized carbons (Fsp3) is 0.0435. The first-order valence-electron chi connectivity index (χ1n) is 8.91. The molecule has 0 aliphatic carbocycles. The van der Waals surface area contributed by atoms with Gasteiger partial charge in [-0.2, -0.15) is 5.10 Å². The predicted octanol–water partition coefficient (Wildman–Crippen LogP) is 4.80. The molecule has 0 saturated heterocycles. The van der Waals surface area contributed by atoms with E-state index in [4.69, 9.17) is 9.84 Å². The van der Waals surface area contributed by atoms with E-state index in [2.05, 4.69) is 5.32 Å². The normalized spacial score (nSPS) is 10.5. The molecule has 1 heterocycles. The van der Waals surface area contributed by atoms with Gasteiger partial charge in [-0.3, -0.25) is 4.79 Å². The summed E-state index contributed by atoms with van der Waals surface area (Å²) in [6, 6.07) is 26.6. The lowest BCUT2D eigenvalue weighted by atomic mass is 10.1. The molecule has 5 nitrogen and oxygen atoms in total. The summed E-state index contributed by atoms with van der Waals surface area (Å²) < 4.78 is 7.20. The number of hydrogen-bond donors (Lipinski definition) is 1. The van der Waals surface area contributed by atoms with Gasteiger partial charge in [-0.25, -0.2) is 4.68 Å². The lowest BCUT2D eigenvalue weighted by molar-refractivity contribution is 0.102. The monoisotopic (exact) mass is 369 g/mol. The number of anilines is 1. The summed E-state index contributed by atoms with van der Waals surface area (Å²) in [5, 5.41) is 7.64. The SMILES string of the molecule is COc1ccccc1-c1nn(-c2ccccc2)cc1C(=O)Nc1ccccc1. The molecule has 5 heteroatoms. The van der Waals surface area contributed by atoms with Gasteiger partial charge in [0.25, 0.3) is 5.91 Å². The fourth-order valence-corrected chi connectivity index (χ4v) is 3.01. The number of carbonyl (C=O) groups excluding carboxylic acids is 1. The Morgan fingerprint density at radius 2 is 1.54 bits per heavy atom. The number of benzene rings is 3. The molecule has 0 radical (unpaired) electrons. The standard InChI is InChI=1S/C23H19N3O2/c1-28-21-15-9-8-14-19(21)22-20(23(27)24-17-10-4-2-5-11-17)16-26(25-22)18-12-6-3-7-13-18/h2-16H,1H3,(H,24,27). The van der Waals surface area contributed by atoms with E-state index in [1.807, 2.05) is 84.9 Å². The number of methoxy groups -OCH3 is 1. The molecule has 0 aliphatic rings. The van der Waals surface area contributed by atoms with E-state index in [-0.39, 0.29) is 5.91 Å². The summed E-state index contributed by atoms with van der Waals surface area (Å²) in [5.41, 5.74) is 3.40. The topological polar surface area (TPSA) is 56.2 Å². The second-order valence-corrected chi connectivity index (χ2v) is 6.19. The molecule has 1 amide bonds. The second-order valence-electron chi connectivity index (χ2n) is 6.19. The van der Waals surface area contributed by atoms with Crippen molar-refractivity contribution >= 4 is 11.6 Å². The zero-order chi connectivity index (χ0) is 19.3. The maximum atomic E-state index is 13.0. The number of nitrogens with zero attached hydrogens (tertiary/aromatic N) is 2. The molecule has 4 rings (SSSR count). The molecule has 0 aliphatic heterocycles. The summed E-state index contributed by atoms with van der Waals surface area (Å²) >= 11 is 0. The molecule has 0 saturated carbocycles. The molecule has 28 heavy (non-hydrogen) atoms. The zero-order valence-corrected chi connectivity index (χ0v) is 15.4. The molecule has 0 fully saturated rings. The van der Waals surface area contributed by atoms with Crippen LogP contribution in [0.15, 0.2) is 91.1 Å². The molecular weight excluding hydrogens is 350 g/mol. The van der Waals surface area contributed by atoms with Crippen molar-refractivity contribution in [2.75, 3.05) is 12.4 Å². The number of nitrogens with one attached hydrogen (secondary N) is 1. The Morgan fingerprint density at radius 3 is 2.25 bits per heavy atom. The average molecular weight is 369 g/mol. The molecule has 0 atom stereocenters. The Labute approximate surface area is 163 Å². The van der Waals surface area contributed by atoms with E-state index < -0.39 is 0 Å². The van der Waals surface area contributed by atoms with Crippen molar-refractivity contribution in [1.82, 2.24) is 9.78 Å². The minimum Gasteiger partial charge on any atom is -0.496 e. The van der Waals surface area contributed by atoms with E-state index in [0.29, 0.717) is 17.0 Å². The number of ether oxygens (including phenoxy) is 1. The Bertz CT molecular complexity index is 1090. The first kappa shape index (κ1) is 17.5. The number of hydrogen-bond acceptors (Lipinski definition) is 3. The zero-order valence-electron chi connectivity index (χ0n) is 15.4. The summed E-state index contributed by atoms with van der Waals surface area (Å²) in [6.07, 6.45) is 1.75. The van der Waals surface area contributed by atoms with Crippen molar-refractivity contribution in [3.63, 3.8) is 0 Å². The summed E-state index contributed by atoms with van der Waals surface area (Å²) in [7, 11) is 1.61. The smallest absolute Gasteiger partial charge is 0.259 e. The fourth-order valence-electron chi connectivity index (χ4n) is 3.01. The van der Waals surface area contributed by atoms with Crippen molar-refractivity contribution in [3.8, 4) is 22.7 Å². The molecule has 0 spiro atoms. The first-order valence-corrected chi connectivity index (χ1v) is 8.91. The molecule has 0 bridgehead atoms. The van der Waals surface area contributed by atoms with Crippen LogP contribution in [0, 0.1) is 0 Å². The summed E-state index contributed by atoms with van der Waals surface area (Å²) in [6.45, 7) is 0. The van der Waals surface area contributed by atoms with E-state index in [0.717, 1.165) is 16.9 Å². The highest BCUT2D eigenvalue weighted by Gasteiger charge is 2.21. The van der Waals surface area contributed by atoms with Gasteiger partial charge in [-0.05, 0) is 36.4 Å². The predicted molar refractivity (Wildman–Crippen MR) is 110 cm³/mol. The van der Waals surface area contributed by atoms with E-state index in [1.165, 1.54) is 0 Å². The maximum Gasteiger partial charge on any atom is 0.259 e. The number of rotatable bonds is 5. The number of aromatic nitrogens is 2. The van der Waals surface area contributed by atoms with Crippen molar-refractivity contribution < 1.29 is 9.53 Å². The maximum absolute atomic E-state index is 13.0. The summed E-state index contributed by atoms with van der Waals surface area (Å²) in [4.78, 5) is 13.0. The minimum atomic E-state index is -0.228. The largest absolute Gasteiger partial charge is 0.496 e. The molecule has 138 valence electrons. The molecule has 1 N–H and O–H groups in total. The Balaban J connectivity index is 1.81. The van der Waals surface area contributed by atoms with E-state index >= 15 is 0 Å². The van der Waals surface area contributed by atoms with Gasteiger partial charge in [-0.1, -0.05) is 48.5 Å². The van der Waals surface area contributed by atoms with Gasteiger partial charge in [0, 0.05) is 17.4 Å². The quantitative estimate of drug-likeness (QED) is 0.550. The second kappa shape index (κ2) is 7.80. The number of amides is 1. The van der Waals surface area contributed by atoms with Crippen LogP contribution in [0.3, 0.4) is 0 Å². The molecule has 3 aromatic carbocycles. The van der Waals surface area contributed by atoms with E-state index in [1.54, 1.807) is 18.0 Å². The molecule has 4 aromatic rings. The van der Waals surface area contributed by atoms with Crippen LogP contribution in [-0.2, 0) is 0 Å². The molecular formula is C23H19N3O2. The van der Waals surface area contributed by atoms with Crippen LogP contribution in [0.4, 0.5) is 5.69 Å². The van der Waals surface area contributed by atoms with Gasteiger partial charge in [0.15, 0.2) is 0 Å². The lowest BCUT2D eigenvalue weighted by Crippen LogP contribution is -2.12.